The van der Waals surface area contributed by atoms with Crippen molar-refractivity contribution in [2.24, 2.45) is 10.4 Å². The minimum Gasteiger partial charge on any atom is -0.275 e. The van der Waals surface area contributed by atoms with Crippen molar-refractivity contribution in [1.29, 1.82) is 0 Å². The van der Waals surface area contributed by atoms with E-state index >= 15 is 0 Å². The smallest absolute Gasteiger partial charge is 0.253 e. The number of hydrogen-bond donors (Lipinski definition) is 0. The molecule has 3 rings (SSSR count). The summed E-state index contributed by atoms with van der Waals surface area (Å²) in [5.74, 6) is 0.510. The predicted molar refractivity (Wildman–Crippen MR) is 91.5 cm³/mol. The van der Waals surface area contributed by atoms with Crippen LogP contribution >= 0.6 is 11.3 Å². The van der Waals surface area contributed by atoms with Crippen LogP contribution < -0.4 is 4.80 Å². The average Bonchev–Trinajstić information content (AvgIpc) is 2.86. The average molecular weight is 326 g/mol. The Morgan fingerprint density at radius 3 is 2.61 bits per heavy atom. The highest BCUT2D eigenvalue weighted by molar-refractivity contribution is 7.09. The van der Waals surface area contributed by atoms with Gasteiger partial charge in [0.1, 0.15) is 0 Å². The molecule has 0 bridgehead atoms. The zero-order valence-corrected chi connectivity index (χ0v) is 14.4. The summed E-state index contributed by atoms with van der Waals surface area (Å²) in [6.07, 6.45) is 3.63. The van der Waals surface area contributed by atoms with Gasteiger partial charge < -0.3 is 0 Å². The molecule has 5 nitrogen and oxygen atoms in total. The van der Waals surface area contributed by atoms with E-state index in [1.807, 2.05) is 62.7 Å². The standard InChI is InChI=1S/C17H18N4OS/c1-11-10-21(16(23-11)20-15(22)17(2,3)4)14-9-18-12-7-5-6-8-13(12)19-14/h5-10H,1-4H3. The fourth-order valence-corrected chi connectivity index (χ4v) is 2.83. The van der Waals surface area contributed by atoms with Crippen molar-refractivity contribution in [3.63, 3.8) is 0 Å². The van der Waals surface area contributed by atoms with Crippen LogP contribution in [0, 0.1) is 12.3 Å². The Morgan fingerprint density at radius 2 is 1.91 bits per heavy atom. The van der Waals surface area contributed by atoms with Gasteiger partial charge in [-0.3, -0.25) is 14.3 Å². The summed E-state index contributed by atoms with van der Waals surface area (Å²) in [7, 11) is 0. The molecule has 0 fully saturated rings. The molecule has 0 aliphatic heterocycles. The van der Waals surface area contributed by atoms with Gasteiger partial charge >= 0.3 is 0 Å². The highest BCUT2D eigenvalue weighted by Gasteiger charge is 2.21. The Bertz CT molecular complexity index is 947. The molecule has 0 radical (unpaired) electrons. The molecule has 0 N–H and O–H groups in total. The molecule has 0 aliphatic rings. The molecule has 3 aromatic rings. The first-order chi connectivity index (χ1) is 10.8. The fraction of sp³-hybridized carbons (Fsp3) is 0.294. The van der Waals surface area contributed by atoms with Gasteiger partial charge in [-0.15, -0.1) is 11.3 Å². The molecular formula is C17H18N4OS. The third-order valence-electron chi connectivity index (χ3n) is 3.29. The highest BCUT2D eigenvalue weighted by Crippen LogP contribution is 2.16. The molecule has 118 valence electrons. The molecule has 0 spiro atoms. The quantitative estimate of drug-likeness (QED) is 0.689. The Labute approximate surface area is 138 Å². The molecule has 0 unspecified atom stereocenters. The molecule has 0 saturated heterocycles. The lowest BCUT2D eigenvalue weighted by Gasteiger charge is -2.11. The first kappa shape index (κ1) is 15.6. The molecule has 23 heavy (non-hydrogen) atoms. The van der Waals surface area contributed by atoms with E-state index in [-0.39, 0.29) is 5.91 Å². The van der Waals surface area contributed by atoms with Crippen LogP contribution in [0.4, 0.5) is 0 Å². The number of carbonyl (C=O) groups is 1. The summed E-state index contributed by atoms with van der Waals surface area (Å²) in [5, 5.41) is 0. The minimum atomic E-state index is -0.509. The van der Waals surface area contributed by atoms with Gasteiger partial charge in [-0.1, -0.05) is 32.9 Å². The number of amides is 1. The number of benzene rings is 1. The van der Waals surface area contributed by atoms with Gasteiger partial charge in [0, 0.05) is 16.5 Å². The number of nitrogens with zero attached hydrogens (tertiary/aromatic N) is 4. The maximum absolute atomic E-state index is 12.2. The van der Waals surface area contributed by atoms with Crippen molar-refractivity contribution in [2.75, 3.05) is 0 Å². The van der Waals surface area contributed by atoms with Crippen molar-refractivity contribution in [3.8, 4) is 5.82 Å². The SMILES string of the molecule is Cc1cn(-c2cnc3ccccc3n2)c(=NC(=O)C(C)(C)C)s1. The number of fused-ring (bicyclic) bond motifs is 1. The second kappa shape index (κ2) is 5.70. The van der Waals surface area contributed by atoms with Crippen LogP contribution in [-0.2, 0) is 4.79 Å². The zero-order chi connectivity index (χ0) is 16.6. The van der Waals surface area contributed by atoms with Crippen LogP contribution in [0.25, 0.3) is 16.9 Å². The molecule has 0 atom stereocenters. The van der Waals surface area contributed by atoms with Crippen LogP contribution in [0.15, 0.2) is 41.7 Å². The van der Waals surface area contributed by atoms with Gasteiger partial charge in [-0.2, -0.15) is 4.99 Å². The molecule has 1 amide bonds. The number of aromatic nitrogens is 3. The van der Waals surface area contributed by atoms with E-state index in [1.165, 1.54) is 11.3 Å². The third kappa shape index (κ3) is 3.22. The van der Waals surface area contributed by atoms with E-state index in [1.54, 1.807) is 6.20 Å². The second-order valence-corrected chi connectivity index (χ2v) is 7.59. The van der Waals surface area contributed by atoms with Crippen molar-refractivity contribution in [2.45, 2.75) is 27.7 Å². The van der Waals surface area contributed by atoms with Crippen molar-refractivity contribution < 1.29 is 4.79 Å². The van der Waals surface area contributed by atoms with Gasteiger partial charge in [0.25, 0.3) is 5.91 Å². The largest absolute Gasteiger partial charge is 0.275 e. The summed E-state index contributed by atoms with van der Waals surface area (Å²) in [5.41, 5.74) is 1.15. The molecule has 0 saturated carbocycles. The number of para-hydroxylation sites is 2. The van der Waals surface area contributed by atoms with Crippen molar-refractivity contribution in [3.05, 3.63) is 46.3 Å². The van der Waals surface area contributed by atoms with Gasteiger partial charge in [0.05, 0.1) is 17.2 Å². The summed E-state index contributed by atoms with van der Waals surface area (Å²) in [6, 6.07) is 7.70. The number of aryl methyl sites for hydroxylation is 1. The van der Waals surface area contributed by atoms with Gasteiger partial charge in [0.15, 0.2) is 10.6 Å². The lowest BCUT2D eigenvalue weighted by Crippen LogP contribution is -2.23. The summed E-state index contributed by atoms with van der Waals surface area (Å²) in [6.45, 7) is 7.56. The van der Waals surface area contributed by atoms with E-state index in [2.05, 4.69) is 15.0 Å². The Hall–Kier alpha value is -2.34. The van der Waals surface area contributed by atoms with Crippen LogP contribution in [0.3, 0.4) is 0 Å². The number of hydrogen-bond acceptors (Lipinski definition) is 4. The normalized spacial score (nSPS) is 12.8. The lowest BCUT2D eigenvalue weighted by molar-refractivity contribution is -0.125. The van der Waals surface area contributed by atoms with E-state index in [9.17, 15) is 4.79 Å². The maximum atomic E-state index is 12.2. The number of rotatable bonds is 1. The topological polar surface area (TPSA) is 60.1 Å². The highest BCUT2D eigenvalue weighted by atomic mass is 32.1. The van der Waals surface area contributed by atoms with Crippen LogP contribution in [0.2, 0.25) is 0 Å². The van der Waals surface area contributed by atoms with Crippen LogP contribution in [0.1, 0.15) is 25.6 Å². The zero-order valence-electron chi connectivity index (χ0n) is 13.6. The first-order valence-electron chi connectivity index (χ1n) is 7.35. The number of carbonyl (C=O) groups excluding carboxylic acids is 1. The molecule has 0 aliphatic carbocycles. The van der Waals surface area contributed by atoms with E-state index in [0.717, 1.165) is 15.9 Å². The second-order valence-electron chi connectivity index (χ2n) is 6.38. The van der Waals surface area contributed by atoms with Crippen LogP contribution in [-0.4, -0.2) is 20.4 Å². The maximum Gasteiger partial charge on any atom is 0.253 e. The van der Waals surface area contributed by atoms with Gasteiger partial charge in [0.2, 0.25) is 0 Å². The van der Waals surface area contributed by atoms with Crippen LogP contribution in [0.5, 0.6) is 0 Å². The lowest BCUT2D eigenvalue weighted by atomic mass is 9.96. The van der Waals surface area contributed by atoms with Gasteiger partial charge in [-0.25, -0.2) is 4.98 Å². The van der Waals surface area contributed by atoms with Crippen molar-refractivity contribution >= 4 is 28.3 Å². The molecular weight excluding hydrogens is 308 g/mol. The Balaban J connectivity index is 2.16. The van der Waals surface area contributed by atoms with Gasteiger partial charge in [-0.05, 0) is 19.1 Å². The predicted octanol–water partition coefficient (Wildman–Crippen LogP) is 3.26. The number of thiazole rings is 1. The summed E-state index contributed by atoms with van der Waals surface area (Å²) < 4.78 is 1.82. The molecule has 6 heteroatoms. The monoisotopic (exact) mass is 326 g/mol. The molecule has 1 aromatic carbocycles. The summed E-state index contributed by atoms with van der Waals surface area (Å²) >= 11 is 1.47. The summed E-state index contributed by atoms with van der Waals surface area (Å²) in [4.78, 5) is 27.2. The first-order valence-corrected chi connectivity index (χ1v) is 8.17. The van der Waals surface area contributed by atoms with E-state index < -0.39 is 5.41 Å². The Kier molecular flexibility index (Phi) is 3.85. The van der Waals surface area contributed by atoms with E-state index in [4.69, 9.17) is 0 Å². The Morgan fingerprint density at radius 1 is 1.22 bits per heavy atom. The molecule has 2 aromatic heterocycles. The third-order valence-corrected chi connectivity index (χ3v) is 4.19. The molecule has 2 heterocycles. The minimum absolute atomic E-state index is 0.151. The van der Waals surface area contributed by atoms with E-state index in [0.29, 0.717) is 10.6 Å². The van der Waals surface area contributed by atoms with Crippen molar-refractivity contribution in [1.82, 2.24) is 14.5 Å². The fourth-order valence-electron chi connectivity index (χ4n) is 2.02.